The molecule has 3 aromatic heterocycles. The summed E-state index contributed by atoms with van der Waals surface area (Å²) in [5.41, 5.74) is 4.01. The monoisotopic (exact) mass is 506 g/mol. The number of nitrogens with one attached hydrogen (secondary N) is 1. The first kappa shape index (κ1) is 24.4. The quantitative estimate of drug-likeness (QED) is 0.376. The molecule has 0 aliphatic carbocycles. The molecule has 190 valence electrons. The summed E-state index contributed by atoms with van der Waals surface area (Å²) in [5.74, 6) is -0.212. The number of anilines is 1. The Morgan fingerprint density at radius 3 is 2.51 bits per heavy atom. The smallest absolute Gasteiger partial charge is 0.387 e. The molecule has 4 heterocycles. The molecule has 0 radical (unpaired) electrons. The number of carbonyl (C=O) groups excluding carboxylic acids is 2. The molecular weight excluding hydrogens is 482 g/mol. The molecule has 10 heteroatoms. The van der Waals surface area contributed by atoms with Crippen LogP contribution in [0.2, 0.25) is 0 Å². The molecule has 4 aromatic rings. The minimum absolute atomic E-state index is 0.0884. The summed E-state index contributed by atoms with van der Waals surface area (Å²) in [5, 5.41) is 2.85. The summed E-state index contributed by atoms with van der Waals surface area (Å²) in [6, 6.07) is 15.6. The van der Waals surface area contributed by atoms with Crippen LogP contribution in [0.1, 0.15) is 51.1 Å². The molecule has 1 aliphatic heterocycles. The molecule has 1 saturated heterocycles. The van der Waals surface area contributed by atoms with Crippen LogP contribution in [-0.4, -0.2) is 46.4 Å². The van der Waals surface area contributed by atoms with E-state index in [1.807, 2.05) is 37.3 Å². The fourth-order valence-electron chi connectivity index (χ4n) is 4.43. The van der Waals surface area contributed by atoms with Crippen molar-refractivity contribution in [2.45, 2.75) is 32.3 Å². The highest BCUT2D eigenvalue weighted by molar-refractivity contribution is 6.04. The number of alkyl halides is 2. The number of aryl methyl sites for hydroxylation is 1. The molecule has 0 bridgehead atoms. The number of benzene rings is 1. The number of fused-ring (bicyclic) bond motifs is 1. The van der Waals surface area contributed by atoms with Gasteiger partial charge >= 0.3 is 6.61 Å². The van der Waals surface area contributed by atoms with Crippen LogP contribution in [0.25, 0.3) is 11.1 Å². The van der Waals surface area contributed by atoms with Gasteiger partial charge in [0.2, 0.25) is 0 Å². The zero-order valence-corrected chi connectivity index (χ0v) is 20.0. The highest BCUT2D eigenvalue weighted by Crippen LogP contribution is 2.30. The molecule has 1 aliphatic rings. The van der Waals surface area contributed by atoms with Crippen LogP contribution < -0.4 is 10.1 Å². The van der Waals surface area contributed by atoms with E-state index < -0.39 is 6.61 Å². The summed E-state index contributed by atoms with van der Waals surface area (Å²) < 4.78 is 34.5. The van der Waals surface area contributed by atoms with Gasteiger partial charge in [-0.25, -0.2) is 9.97 Å². The van der Waals surface area contributed by atoms with Crippen LogP contribution in [0.3, 0.4) is 0 Å². The van der Waals surface area contributed by atoms with E-state index in [0.29, 0.717) is 29.9 Å². The van der Waals surface area contributed by atoms with Gasteiger partial charge in [0.05, 0.1) is 6.20 Å². The molecule has 1 aromatic carbocycles. The van der Waals surface area contributed by atoms with Crippen molar-refractivity contribution < 1.29 is 27.5 Å². The van der Waals surface area contributed by atoms with Gasteiger partial charge in [-0.05, 0) is 67.6 Å². The average molecular weight is 507 g/mol. The number of furan rings is 1. The van der Waals surface area contributed by atoms with Gasteiger partial charge in [0.15, 0.2) is 11.3 Å². The van der Waals surface area contributed by atoms with Crippen LogP contribution in [0.15, 0.2) is 65.2 Å². The van der Waals surface area contributed by atoms with Crippen LogP contribution in [0.5, 0.6) is 5.75 Å². The predicted molar refractivity (Wildman–Crippen MR) is 132 cm³/mol. The summed E-state index contributed by atoms with van der Waals surface area (Å²) in [4.78, 5) is 35.4. The molecule has 0 saturated carbocycles. The van der Waals surface area contributed by atoms with Crippen molar-refractivity contribution in [2.75, 3.05) is 18.4 Å². The number of aromatic nitrogens is 2. The van der Waals surface area contributed by atoms with E-state index in [-0.39, 0.29) is 34.9 Å². The third-order valence-corrected chi connectivity index (χ3v) is 6.34. The van der Waals surface area contributed by atoms with E-state index in [1.165, 1.54) is 12.1 Å². The number of hydrogen-bond acceptors (Lipinski definition) is 6. The fourth-order valence-corrected chi connectivity index (χ4v) is 4.43. The first-order chi connectivity index (χ1) is 17.9. The summed E-state index contributed by atoms with van der Waals surface area (Å²) in [6.07, 6.45) is 2.67. The zero-order chi connectivity index (χ0) is 25.9. The highest BCUT2D eigenvalue weighted by atomic mass is 19.3. The Balaban J connectivity index is 1.15. The number of nitrogens with zero attached hydrogens (tertiary/aromatic N) is 3. The van der Waals surface area contributed by atoms with Crippen LogP contribution >= 0.6 is 0 Å². The first-order valence-electron chi connectivity index (χ1n) is 11.8. The van der Waals surface area contributed by atoms with E-state index in [9.17, 15) is 18.4 Å². The van der Waals surface area contributed by atoms with Crippen molar-refractivity contribution in [3.05, 3.63) is 83.5 Å². The predicted octanol–water partition coefficient (Wildman–Crippen LogP) is 5.40. The van der Waals surface area contributed by atoms with Gasteiger partial charge < -0.3 is 19.4 Å². The largest absolute Gasteiger partial charge is 0.449 e. The Labute approximate surface area is 211 Å². The molecule has 0 atom stereocenters. The molecular formula is C27H24F2N4O4. The summed E-state index contributed by atoms with van der Waals surface area (Å²) >= 11 is 0. The van der Waals surface area contributed by atoms with Gasteiger partial charge in [-0.1, -0.05) is 12.1 Å². The minimum Gasteiger partial charge on any atom is -0.449 e. The summed E-state index contributed by atoms with van der Waals surface area (Å²) in [6.45, 7) is 0.0463. The average Bonchev–Trinajstić information content (AvgIpc) is 3.32. The van der Waals surface area contributed by atoms with Crippen molar-refractivity contribution in [3.8, 4) is 5.75 Å². The van der Waals surface area contributed by atoms with Crippen molar-refractivity contribution in [2.24, 2.45) is 0 Å². The number of ether oxygens (including phenoxy) is 1. The van der Waals surface area contributed by atoms with Crippen LogP contribution in [0, 0.1) is 6.92 Å². The Bertz CT molecular complexity index is 1410. The van der Waals surface area contributed by atoms with E-state index >= 15 is 0 Å². The molecule has 5 rings (SSSR count). The maximum Gasteiger partial charge on any atom is 0.387 e. The topological polar surface area (TPSA) is 97.6 Å². The standard InChI is InChI=1S/C27H24F2N4O4/c1-16-2-9-23-22(31-16)14-24(37-23)25(34)32-19-5-3-17(4-6-19)18-10-12-33(13-11-18)26(35)21-8-7-20(15-30-21)36-27(28)29/h2-9,14-15,18,27H,10-13H2,1H3,(H,32,34). The number of amides is 2. The zero-order valence-electron chi connectivity index (χ0n) is 20.0. The van der Waals surface area contributed by atoms with Crippen molar-refractivity contribution >= 4 is 28.6 Å². The van der Waals surface area contributed by atoms with E-state index in [4.69, 9.17) is 4.42 Å². The maximum atomic E-state index is 12.7. The lowest BCUT2D eigenvalue weighted by Crippen LogP contribution is -2.38. The highest BCUT2D eigenvalue weighted by Gasteiger charge is 2.25. The van der Waals surface area contributed by atoms with Crippen molar-refractivity contribution in [3.63, 3.8) is 0 Å². The van der Waals surface area contributed by atoms with Gasteiger partial charge in [0, 0.05) is 30.5 Å². The second kappa shape index (κ2) is 10.3. The molecule has 1 fully saturated rings. The number of hydrogen-bond donors (Lipinski definition) is 1. The number of halogens is 2. The third kappa shape index (κ3) is 5.58. The maximum absolute atomic E-state index is 12.7. The number of rotatable bonds is 6. The second-order valence-corrected chi connectivity index (χ2v) is 8.85. The van der Waals surface area contributed by atoms with Gasteiger partial charge in [-0.2, -0.15) is 8.78 Å². The number of pyridine rings is 2. The number of carbonyl (C=O) groups is 2. The van der Waals surface area contributed by atoms with Gasteiger partial charge in [0.1, 0.15) is 17.0 Å². The lowest BCUT2D eigenvalue weighted by Gasteiger charge is -2.32. The molecule has 1 N–H and O–H groups in total. The lowest BCUT2D eigenvalue weighted by molar-refractivity contribution is -0.0500. The van der Waals surface area contributed by atoms with Crippen LogP contribution in [0.4, 0.5) is 14.5 Å². The van der Waals surface area contributed by atoms with Crippen molar-refractivity contribution in [1.29, 1.82) is 0 Å². The molecule has 2 amide bonds. The summed E-state index contributed by atoms with van der Waals surface area (Å²) in [7, 11) is 0. The SMILES string of the molecule is Cc1ccc2oc(C(=O)Nc3ccc(C4CCN(C(=O)c5ccc(OC(F)F)cn5)CC4)cc3)cc2n1. The minimum atomic E-state index is -2.94. The molecule has 0 unspecified atom stereocenters. The molecule has 37 heavy (non-hydrogen) atoms. The molecule has 8 nitrogen and oxygen atoms in total. The first-order valence-corrected chi connectivity index (χ1v) is 11.8. The van der Waals surface area contributed by atoms with E-state index in [1.54, 1.807) is 17.0 Å². The van der Waals surface area contributed by atoms with Crippen LogP contribution in [-0.2, 0) is 0 Å². The Kier molecular flexibility index (Phi) is 6.80. The van der Waals surface area contributed by atoms with E-state index in [0.717, 1.165) is 30.3 Å². The Morgan fingerprint density at radius 1 is 1.08 bits per heavy atom. The van der Waals surface area contributed by atoms with Gasteiger partial charge in [-0.15, -0.1) is 0 Å². The van der Waals surface area contributed by atoms with Gasteiger partial charge in [0.25, 0.3) is 11.8 Å². The van der Waals surface area contributed by atoms with Crippen molar-refractivity contribution in [1.82, 2.24) is 14.9 Å². The fraction of sp³-hybridized carbons (Fsp3) is 0.259. The number of piperidine rings is 1. The van der Waals surface area contributed by atoms with Gasteiger partial charge in [-0.3, -0.25) is 9.59 Å². The second-order valence-electron chi connectivity index (χ2n) is 8.85. The Morgan fingerprint density at radius 2 is 1.84 bits per heavy atom. The van der Waals surface area contributed by atoms with E-state index in [2.05, 4.69) is 20.0 Å². The lowest BCUT2D eigenvalue weighted by atomic mass is 9.89. The Hall–Kier alpha value is -4.34. The normalized spacial score (nSPS) is 14.2. The third-order valence-electron chi connectivity index (χ3n) is 6.34. The molecule has 0 spiro atoms. The number of likely N-dealkylation sites (tertiary alicyclic amines) is 1.